The highest BCUT2D eigenvalue weighted by molar-refractivity contribution is 7.15. The van der Waals surface area contributed by atoms with Gasteiger partial charge in [-0.15, -0.1) is 8.78 Å². The molecule has 2 fully saturated rings. The van der Waals surface area contributed by atoms with E-state index in [1.54, 1.807) is 18.3 Å². The molecular weight excluding hydrogens is 504 g/mol. The van der Waals surface area contributed by atoms with Gasteiger partial charge >= 0.3 is 6.29 Å². The van der Waals surface area contributed by atoms with Crippen molar-refractivity contribution >= 4 is 22.4 Å². The molecule has 0 spiro atoms. The van der Waals surface area contributed by atoms with Crippen LogP contribution in [-0.2, 0) is 10.2 Å². The lowest BCUT2D eigenvalue weighted by molar-refractivity contribution is -0.287. The largest absolute Gasteiger partial charge is 0.586 e. The first-order chi connectivity index (χ1) is 17.9. The number of carbonyl (C=O) groups is 1. The Morgan fingerprint density at radius 3 is 2.68 bits per heavy atom. The Kier molecular flexibility index (Phi) is 5.09. The van der Waals surface area contributed by atoms with Crippen LogP contribution in [0.1, 0.15) is 47.7 Å². The summed E-state index contributed by atoms with van der Waals surface area (Å²) in [6, 6.07) is 10.2. The summed E-state index contributed by atoms with van der Waals surface area (Å²) in [6.07, 6.45) is 1.49. The fourth-order valence-corrected chi connectivity index (χ4v) is 6.35. The zero-order chi connectivity index (χ0) is 25.2. The Morgan fingerprint density at radius 2 is 1.86 bits per heavy atom. The molecule has 1 aromatic heterocycles. The third-order valence-corrected chi connectivity index (χ3v) is 8.35. The van der Waals surface area contributed by atoms with E-state index in [0.29, 0.717) is 22.2 Å². The van der Waals surface area contributed by atoms with E-state index in [1.807, 2.05) is 18.2 Å². The van der Waals surface area contributed by atoms with Gasteiger partial charge in [0.25, 0.3) is 0 Å². The van der Waals surface area contributed by atoms with Crippen molar-refractivity contribution in [2.24, 2.45) is 0 Å². The number of alkyl halides is 2. The van der Waals surface area contributed by atoms with Crippen LogP contribution in [0, 0.1) is 0 Å². The highest BCUT2D eigenvalue weighted by atomic mass is 32.1. The molecule has 3 aromatic rings. The molecular formula is C26H23F2N3O5S. The smallest absolute Gasteiger partial charge is 0.454 e. The molecule has 8 nitrogen and oxygen atoms in total. The summed E-state index contributed by atoms with van der Waals surface area (Å²) in [7, 11) is 0. The minimum atomic E-state index is -3.70. The summed E-state index contributed by atoms with van der Waals surface area (Å²) < 4.78 is 48.3. The highest BCUT2D eigenvalue weighted by Gasteiger charge is 2.52. The van der Waals surface area contributed by atoms with E-state index in [9.17, 15) is 13.6 Å². The number of thiazole rings is 1. The molecule has 192 valence electrons. The molecule has 1 atom stereocenters. The Bertz CT molecular complexity index is 1390. The van der Waals surface area contributed by atoms with E-state index in [-0.39, 0.29) is 30.2 Å². The molecule has 0 bridgehead atoms. The number of hydrogen-bond acceptors (Lipinski definition) is 8. The van der Waals surface area contributed by atoms with Gasteiger partial charge in [-0.2, -0.15) is 0 Å². The van der Waals surface area contributed by atoms with Crippen molar-refractivity contribution in [1.82, 2.24) is 9.88 Å². The second-order valence-electron chi connectivity index (χ2n) is 9.66. The molecule has 37 heavy (non-hydrogen) atoms. The standard InChI is InChI=1S/C26H23F2N3O5S/c27-26(28)35-18-5-3-4-16(22(18)36-26)21(31-10-1-2-11-31)20-13-29-24(37-20)30-23(32)25(8-9-25)15-6-7-17-19(12-15)34-14-33-17/h3-7,12-13,21H,1-2,8-11,14H2,(H,29,30,32). The number of hydrogen-bond donors (Lipinski definition) is 1. The fourth-order valence-electron chi connectivity index (χ4n) is 5.39. The summed E-state index contributed by atoms with van der Waals surface area (Å²) in [5, 5.41) is 3.46. The zero-order valence-corrected chi connectivity index (χ0v) is 20.5. The van der Waals surface area contributed by atoms with E-state index in [4.69, 9.17) is 18.9 Å². The minimum Gasteiger partial charge on any atom is -0.454 e. The third-order valence-electron chi connectivity index (χ3n) is 7.38. The number of carbonyl (C=O) groups excluding carboxylic acids is 1. The Hall–Kier alpha value is -3.44. The second-order valence-corrected chi connectivity index (χ2v) is 10.7. The van der Waals surface area contributed by atoms with Gasteiger partial charge in [-0.3, -0.25) is 9.69 Å². The van der Waals surface area contributed by atoms with Crippen LogP contribution >= 0.6 is 11.3 Å². The molecule has 1 unspecified atom stereocenters. The van der Waals surface area contributed by atoms with E-state index in [0.717, 1.165) is 49.2 Å². The van der Waals surface area contributed by atoms with E-state index < -0.39 is 11.7 Å². The molecule has 1 saturated carbocycles. The first-order valence-corrected chi connectivity index (χ1v) is 13.0. The maximum atomic E-state index is 13.9. The van der Waals surface area contributed by atoms with Crippen LogP contribution in [-0.4, -0.2) is 42.0 Å². The van der Waals surface area contributed by atoms with E-state index in [2.05, 4.69) is 15.2 Å². The average Bonchev–Trinajstić information content (AvgIpc) is 3.32. The predicted molar refractivity (Wildman–Crippen MR) is 130 cm³/mol. The molecule has 1 saturated heterocycles. The number of likely N-dealkylation sites (tertiary alicyclic amines) is 1. The third kappa shape index (κ3) is 3.88. The molecule has 0 radical (unpaired) electrons. The van der Waals surface area contributed by atoms with Crippen molar-refractivity contribution < 1.29 is 32.5 Å². The van der Waals surface area contributed by atoms with Crippen LogP contribution in [0.15, 0.2) is 42.6 Å². The molecule has 1 aliphatic carbocycles. The van der Waals surface area contributed by atoms with Crippen molar-refractivity contribution in [2.75, 3.05) is 25.2 Å². The molecule has 11 heteroatoms. The molecule has 4 aliphatic rings. The number of para-hydroxylation sites is 1. The summed E-state index contributed by atoms with van der Waals surface area (Å²) >= 11 is 1.34. The normalized spacial score (nSPS) is 21.1. The quantitative estimate of drug-likeness (QED) is 0.481. The van der Waals surface area contributed by atoms with Crippen molar-refractivity contribution in [3.63, 3.8) is 0 Å². The van der Waals surface area contributed by atoms with Gasteiger partial charge in [0.05, 0.1) is 11.5 Å². The Labute approximate surface area is 215 Å². The molecule has 2 aromatic carbocycles. The lowest BCUT2D eigenvalue weighted by Crippen LogP contribution is -2.28. The molecule has 4 heterocycles. The molecule has 1 amide bonds. The first-order valence-electron chi connectivity index (χ1n) is 12.2. The number of nitrogens with zero attached hydrogens (tertiary/aromatic N) is 2. The van der Waals surface area contributed by atoms with E-state index >= 15 is 0 Å². The lowest BCUT2D eigenvalue weighted by Gasteiger charge is -2.27. The molecule has 3 aliphatic heterocycles. The van der Waals surface area contributed by atoms with Crippen LogP contribution in [0.25, 0.3) is 0 Å². The number of fused-ring (bicyclic) bond motifs is 2. The maximum absolute atomic E-state index is 13.9. The van der Waals surface area contributed by atoms with Crippen LogP contribution < -0.4 is 24.3 Å². The number of rotatable bonds is 6. The minimum absolute atomic E-state index is 0.0177. The zero-order valence-electron chi connectivity index (χ0n) is 19.7. The first kappa shape index (κ1) is 22.7. The predicted octanol–water partition coefficient (Wildman–Crippen LogP) is 5.05. The number of halogens is 2. The SMILES string of the molecule is O=C(Nc1ncc(C(c2cccc3c2OC(F)(F)O3)N2CCCC2)s1)C1(c2ccc3c(c2)OCO3)CC1. The van der Waals surface area contributed by atoms with Gasteiger partial charge in [0.15, 0.2) is 28.1 Å². The van der Waals surface area contributed by atoms with Crippen LogP contribution in [0.3, 0.4) is 0 Å². The van der Waals surface area contributed by atoms with Crippen LogP contribution in [0.5, 0.6) is 23.0 Å². The van der Waals surface area contributed by atoms with Gasteiger partial charge in [-0.1, -0.05) is 29.5 Å². The van der Waals surface area contributed by atoms with Crippen molar-refractivity contribution in [1.29, 1.82) is 0 Å². The number of anilines is 1. The van der Waals surface area contributed by atoms with Crippen molar-refractivity contribution in [3.05, 3.63) is 58.6 Å². The van der Waals surface area contributed by atoms with Crippen molar-refractivity contribution in [2.45, 2.75) is 43.4 Å². The van der Waals surface area contributed by atoms with E-state index in [1.165, 1.54) is 17.4 Å². The van der Waals surface area contributed by atoms with Gasteiger partial charge in [-0.05, 0) is 62.5 Å². The monoisotopic (exact) mass is 527 g/mol. The van der Waals surface area contributed by atoms with Crippen LogP contribution in [0.2, 0.25) is 0 Å². The number of aromatic nitrogens is 1. The second kappa shape index (κ2) is 8.29. The molecule has 7 rings (SSSR count). The van der Waals surface area contributed by atoms with Gasteiger partial charge in [0.1, 0.15) is 0 Å². The van der Waals surface area contributed by atoms with Gasteiger partial charge in [0.2, 0.25) is 12.7 Å². The summed E-state index contributed by atoms with van der Waals surface area (Å²) in [6.45, 7) is 1.81. The number of benzene rings is 2. The van der Waals surface area contributed by atoms with Gasteiger partial charge in [0, 0.05) is 16.6 Å². The van der Waals surface area contributed by atoms with Gasteiger partial charge < -0.3 is 24.3 Å². The average molecular weight is 528 g/mol. The summed E-state index contributed by atoms with van der Waals surface area (Å²) in [5.41, 5.74) is 0.856. The van der Waals surface area contributed by atoms with Crippen LogP contribution in [0.4, 0.5) is 13.9 Å². The number of amides is 1. The lowest BCUT2D eigenvalue weighted by atomic mass is 9.94. The Morgan fingerprint density at radius 1 is 1.05 bits per heavy atom. The number of nitrogens with one attached hydrogen (secondary N) is 1. The topological polar surface area (TPSA) is 82.2 Å². The molecule has 1 N–H and O–H groups in total. The van der Waals surface area contributed by atoms with Crippen molar-refractivity contribution in [3.8, 4) is 23.0 Å². The Balaban J connectivity index is 1.16. The maximum Gasteiger partial charge on any atom is 0.586 e. The summed E-state index contributed by atoms with van der Waals surface area (Å²) in [5.74, 6) is 1.26. The van der Waals surface area contributed by atoms with Gasteiger partial charge in [-0.25, -0.2) is 4.98 Å². The summed E-state index contributed by atoms with van der Waals surface area (Å²) in [4.78, 5) is 20.9. The fraction of sp³-hybridized carbons (Fsp3) is 0.385. The highest BCUT2D eigenvalue weighted by Crippen LogP contribution is 2.52. The number of ether oxygens (including phenoxy) is 4.